The van der Waals surface area contributed by atoms with Crippen LogP contribution in [-0.4, -0.2) is 48.6 Å². The van der Waals surface area contributed by atoms with Gasteiger partial charge in [-0.3, -0.25) is 14.5 Å². The number of anilines is 1. The van der Waals surface area contributed by atoms with E-state index in [-0.39, 0.29) is 21.3 Å². The largest absolute Gasteiger partial charge is 0.507 e. The quantitative estimate of drug-likeness (QED) is 0.102. The summed E-state index contributed by atoms with van der Waals surface area (Å²) in [7, 11) is 2.77. The highest BCUT2D eigenvalue weighted by molar-refractivity contribution is 7.17. The molecule has 1 aliphatic rings. The molecule has 1 amide bonds. The summed E-state index contributed by atoms with van der Waals surface area (Å²) < 4.78 is 16.4. The zero-order valence-electron chi connectivity index (χ0n) is 24.1. The molecule has 0 radical (unpaired) electrons. The number of carbonyl (C=O) groups excluding carboxylic acids is 3. The van der Waals surface area contributed by atoms with Gasteiger partial charge in [0.1, 0.15) is 10.6 Å². The van der Waals surface area contributed by atoms with Crippen molar-refractivity contribution >= 4 is 39.9 Å². The number of unbranched alkanes of at least 4 members (excludes halogenated alkanes) is 2. The van der Waals surface area contributed by atoms with Gasteiger partial charge in [0.2, 0.25) is 0 Å². The zero-order chi connectivity index (χ0) is 29.8. The van der Waals surface area contributed by atoms with Crippen molar-refractivity contribution in [1.29, 1.82) is 0 Å². The molecular formula is C31H34N2O7S. The highest BCUT2D eigenvalue weighted by Crippen LogP contribution is 2.46. The number of ether oxygens (including phenoxy) is 3. The number of hydrogen-bond acceptors (Lipinski definition) is 9. The number of hydrogen-bond donors (Lipinski definition) is 1. The van der Waals surface area contributed by atoms with E-state index in [2.05, 4.69) is 11.9 Å². The number of nitrogens with zero attached hydrogens (tertiary/aromatic N) is 2. The Morgan fingerprint density at radius 3 is 2.49 bits per heavy atom. The second kappa shape index (κ2) is 12.6. The third-order valence-corrected chi connectivity index (χ3v) is 8.10. The maximum absolute atomic E-state index is 13.6. The molecule has 1 aromatic heterocycles. The Kier molecular flexibility index (Phi) is 9.12. The highest BCUT2D eigenvalue weighted by Gasteiger charge is 2.48. The van der Waals surface area contributed by atoms with Crippen molar-refractivity contribution in [1.82, 2.24) is 4.98 Å². The third-order valence-electron chi connectivity index (χ3n) is 6.96. The maximum Gasteiger partial charge on any atom is 0.350 e. The van der Waals surface area contributed by atoms with E-state index in [0.29, 0.717) is 34.9 Å². The molecule has 4 rings (SSSR count). The Morgan fingerprint density at radius 2 is 1.80 bits per heavy atom. The number of ketones is 1. The summed E-state index contributed by atoms with van der Waals surface area (Å²) in [6.45, 7) is 7.95. The van der Waals surface area contributed by atoms with E-state index in [9.17, 15) is 19.5 Å². The smallest absolute Gasteiger partial charge is 0.350 e. The lowest BCUT2D eigenvalue weighted by Crippen LogP contribution is -2.29. The Bertz CT molecular complexity index is 1520. The number of aliphatic hydroxyl groups is 1. The molecule has 0 spiro atoms. The number of carbonyl (C=O) groups is 3. The Labute approximate surface area is 243 Å². The van der Waals surface area contributed by atoms with E-state index in [1.165, 1.54) is 19.1 Å². The van der Waals surface area contributed by atoms with Gasteiger partial charge in [-0.05, 0) is 56.5 Å². The summed E-state index contributed by atoms with van der Waals surface area (Å²) in [5.74, 6) is -1.68. The SMILES string of the molecule is CCCCCOc1ccc(C2C(=C(O)c3cc(C)ccc3C)C(=O)C(=O)N2c2nc(C)c(C(=O)OC)s2)cc1OC. The number of thiazole rings is 1. The van der Waals surface area contributed by atoms with Crippen LogP contribution >= 0.6 is 11.3 Å². The van der Waals surface area contributed by atoms with Crippen molar-refractivity contribution in [3.63, 3.8) is 0 Å². The van der Waals surface area contributed by atoms with E-state index >= 15 is 0 Å². The molecule has 9 nitrogen and oxygen atoms in total. The van der Waals surface area contributed by atoms with Gasteiger partial charge in [-0.1, -0.05) is 54.9 Å². The van der Waals surface area contributed by atoms with Crippen LogP contribution in [0.4, 0.5) is 5.13 Å². The molecule has 1 unspecified atom stereocenters. The molecule has 0 aliphatic carbocycles. The first-order chi connectivity index (χ1) is 19.6. The van der Waals surface area contributed by atoms with Crippen LogP contribution in [0.1, 0.15) is 69.8 Å². The van der Waals surface area contributed by atoms with Gasteiger partial charge >= 0.3 is 11.9 Å². The number of Topliss-reactive ketones (excluding diaryl/α,β-unsaturated/α-hetero) is 1. The molecule has 41 heavy (non-hydrogen) atoms. The van der Waals surface area contributed by atoms with Crippen LogP contribution in [0.25, 0.3) is 5.76 Å². The molecule has 1 atom stereocenters. The fourth-order valence-electron chi connectivity index (χ4n) is 4.76. The number of benzene rings is 2. The number of rotatable bonds is 10. The summed E-state index contributed by atoms with van der Waals surface area (Å²) in [6.07, 6.45) is 2.99. The molecule has 3 aromatic rings. The molecule has 216 valence electrons. The standard InChI is InChI=1S/C31H34N2O7S/c1-7-8-9-14-40-22-13-12-20(16-23(22)38-5)25-24(26(34)21-15-17(2)10-11-18(21)3)27(35)29(36)33(25)31-32-19(4)28(41-31)30(37)39-6/h10-13,15-16,25,34H,7-9,14H2,1-6H3. The van der Waals surface area contributed by atoms with E-state index < -0.39 is 23.7 Å². The van der Waals surface area contributed by atoms with Crippen molar-refractivity contribution in [2.75, 3.05) is 25.7 Å². The zero-order valence-corrected chi connectivity index (χ0v) is 24.9. The second-order valence-electron chi connectivity index (χ2n) is 9.86. The number of aromatic nitrogens is 1. The van der Waals surface area contributed by atoms with Crippen LogP contribution < -0.4 is 14.4 Å². The summed E-state index contributed by atoms with van der Waals surface area (Å²) in [5, 5.41) is 11.7. The Morgan fingerprint density at radius 1 is 1.05 bits per heavy atom. The number of methoxy groups -OCH3 is 2. The lowest BCUT2D eigenvalue weighted by Gasteiger charge is -2.24. The molecule has 1 saturated heterocycles. The topological polar surface area (TPSA) is 115 Å². The second-order valence-corrected chi connectivity index (χ2v) is 10.8. The normalized spacial score (nSPS) is 16.2. The fraction of sp³-hybridized carbons (Fsp3) is 0.355. The van der Waals surface area contributed by atoms with E-state index in [1.54, 1.807) is 31.2 Å². The predicted octanol–water partition coefficient (Wildman–Crippen LogP) is 6.06. The monoisotopic (exact) mass is 578 g/mol. The average Bonchev–Trinajstić information content (AvgIpc) is 3.47. The van der Waals surface area contributed by atoms with E-state index in [4.69, 9.17) is 14.2 Å². The third kappa shape index (κ3) is 5.83. The van der Waals surface area contributed by atoms with Gasteiger partial charge in [-0.15, -0.1) is 0 Å². The molecule has 1 N–H and O–H groups in total. The summed E-state index contributed by atoms with van der Waals surface area (Å²) in [4.78, 5) is 45.4. The van der Waals surface area contributed by atoms with Crippen LogP contribution in [0, 0.1) is 20.8 Å². The van der Waals surface area contributed by atoms with Gasteiger partial charge in [-0.2, -0.15) is 0 Å². The van der Waals surface area contributed by atoms with Gasteiger partial charge in [0.25, 0.3) is 5.78 Å². The number of aryl methyl sites for hydroxylation is 3. The van der Waals surface area contributed by atoms with Gasteiger partial charge in [0.15, 0.2) is 16.6 Å². The van der Waals surface area contributed by atoms with Crippen LogP contribution in [0.3, 0.4) is 0 Å². The van der Waals surface area contributed by atoms with Crippen LogP contribution in [0.5, 0.6) is 11.5 Å². The lowest BCUT2D eigenvalue weighted by molar-refractivity contribution is -0.132. The average molecular weight is 579 g/mol. The van der Waals surface area contributed by atoms with Crippen molar-refractivity contribution in [3.05, 3.63) is 74.8 Å². The van der Waals surface area contributed by atoms with Crippen molar-refractivity contribution in [3.8, 4) is 11.5 Å². The van der Waals surface area contributed by atoms with Crippen LogP contribution in [0.2, 0.25) is 0 Å². The minimum atomic E-state index is -1.05. The van der Waals surface area contributed by atoms with Gasteiger partial charge in [-0.25, -0.2) is 9.78 Å². The first-order valence-corrected chi connectivity index (χ1v) is 14.2. The summed E-state index contributed by atoms with van der Waals surface area (Å²) >= 11 is 0.945. The molecular weight excluding hydrogens is 544 g/mol. The molecule has 0 bridgehead atoms. The van der Waals surface area contributed by atoms with Gasteiger partial charge < -0.3 is 19.3 Å². The van der Waals surface area contributed by atoms with Gasteiger partial charge in [0.05, 0.1) is 38.1 Å². The van der Waals surface area contributed by atoms with Crippen molar-refractivity contribution in [2.24, 2.45) is 0 Å². The van der Waals surface area contributed by atoms with Crippen molar-refractivity contribution in [2.45, 2.75) is 53.0 Å². The first-order valence-electron chi connectivity index (χ1n) is 13.4. The number of aliphatic hydroxyl groups excluding tert-OH is 1. The Balaban J connectivity index is 1.91. The van der Waals surface area contributed by atoms with Crippen LogP contribution in [0.15, 0.2) is 42.0 Å². The number of esters is 1. The summed E-state index contributed by atoms with van der Waals surface area (Å²) in [6, 6.07) is 9.62. The molecule has 1 aliphatic heterocycles. The molecule has 0 saturated carbocycles. The van der Waals surface area contributed by atoms with E-state index in [1.807, 2.05) is 26.0 Å². The molecule has 2 heterocycles. The molecule has 10 heteroatoms. The number of amides is 1. The van der Waals surface area contributed by atoms with Gasteiger partial charge in [0, 0.05) is 5.56 Å². The van der Waals surface area contributed by atoms with Crippen LogP contribution in [-0.2, 0) is 14.3 Å². The first kappa shape index (κ1) is 29.8. The highest BCUT2D eigenvalue weighted by atomic mass is 32.1. The lowest BCUT2D eigenvalue weighted by atomic mass is 9.93. The van der Waals surface area contributed by atoms with Crippen molar-refractivity contribution < 1.29 is 33.7 Å². The minimum absolute atomic E-state index is 0.0881. The Hall–Kier alpha value is -4.18. The fourth-order valence-corrected chi connectivity index (χ4v) is 5.77. The predicted molar refractivity (Wildman–Crippen MR) is 157 cm³/mol. The van der Waals surface area contributed by atoms with E-state index in [0.717, 1.165) is 41.7 Å². The maximum atomic E-state index is 13.6. The molecule has 1 fully saturated rings. The minimum Gasteiger partial charge on any atom is -0.507 e. The summed E-state index contributed by atoms with van der Waals surface area (Å²) in [5.41, 5.74) is 2.84. The molecule has 2 aromatic carbocycles.